The predicted octanol–water partition coefficient (Wildman–Crippen LogP) is 6.25. The molecule has 0 amide bonds. The summed E-state index contributed by atoms with van der Waals surface area (Å²) in [4.78, 5) is 14.6. The molecule has 39 heavy (non-hydrogen) atoms. The van der Waals surface area contributed by atoms with Crippen molar-refractivity contribution >= 4 is 50.4 Å². The third-order valence-corrected chi connectivity index (χ3v) is 8.25. The van der Waals surface area contributed by atoms with Gasteiger partial charge in [-0.2, -0.15) is 0 Å². The standard InChI is InChI=1S/C29H27ClFN5O2S/c1-37-10-9-32-14-23-21-7-5-18(12-22(21)23)28-36-26-27(33-16-34-29(26)39-28)35-20-6-8-25(24(30)13-20)38-15-17-3-2-4-19(31)11-17/h2-8,11-13,16,21-23,32H,9-10,14-15H2,1H3,(H,33,34,35). The van der Waals surface area contributed by atoms with Gasteiger partial charge in [0.2, 0.25) is 0 Å². The minimum Gasteiger partial charge on any atom is -0.487 e. The minimum absolute atomic E-state index is 0.218. The average molecular weight is 564 g/mol. The van der Waals surface area contributed by atoms with E-state index in [0.29, 0.717) is 39.9 Å². The maximum absolute atomic E-state index is 13.4. The Morgan fingerprint density at radius 1 is 1.13 bits per heavy atom. The van der Waals surface area contributed by atoms with Gasteiger partial charge in [0.1, 0.15) is 39.9 Å². The molecule has 1 fully saturated rings. The van der Waals surface area contributed by atoms with Gasteiger partial charge in [-0.05, 0) is 60.2 Å². The Bertz CT molecular complexity index is 1560. The van der Waals surface area contributed by atoms with E-state index < -0.39 is 0 Å². The van der Waals surface area contributed by atoms with Crippen LogP contribution in [-0.2, 0) is 11.3 Å². The number of nitrogens with one attached hydrogen (secondary N) is 2. The number of methoxy groups -OCH3 is 1. The van der Waals surface area contributed by atoms with Crippen LogP contribution in [0, 0.1) is 23.6 Å². The third-order valence-electron chi connectivity index (χ3n) is 6.95. The van der Waals surface area contributed by atoms with Gasteiger partial charge >= 0.3 is 0 Å². The topological polar surface area (TPSA) is 81.2 Å². The molecule has 2 aliphatic carbocycles. The van der Waals surface area contributed by atoms with Crippen molar-refractivity contribution < 1.29 is 13.9 Å². The van der Waals surface area contributed by atoms with Crippen LogP contribution in [0.4, 0.5) is 15.9 Å². The molecule has 0 bridgehead atoms. The maximum Gasteiger partial charge on any atom is 0.161 e. The van der Waals surface area contributed by atoms with Crippen LogP contribution in [0.5, 0.6) is 5.75 Å². The fraction of sp³-hybridized carbons (Fsp3) is 0.276. The number of nitrogens with zero attached hydrogens (tertiary/aromatic N) is 3. The number of halogens is 2. The monoisotopic (exact) mass is 563 g/mol. The molecule has 2 heterocycles. The van der Waals surface area contributed by atoms with Gasteiger partial charge < -0.3 is 20.1 Å². The molecule has 2 aromatic heterocycles. The quantitative estimate of drug-likeness (QED) is 0.209. The van der Waals surface area contributed by atoms with E-state index in [1.807, 2.05) is 6.07 Å². The number of aromatic nitrogens is 3. The maximum atomic E-state index is 13.4. The van der Waals surface area contributed by atoms with Crippen LogP contribution in [-0.4, -0.2) is 41.8 Å². The smallest absolute Gasteiger partial charge is 0.161 e. The number of benzene rings is 2. The van der Waals surface area contributed by atoms with E-state index in [1.165, 1.54) is 18.5 Å². The number of rotatable bonds is 11. The first-order valence-corrected chi connectivity index (χ1v) is 13.9. The van der Waals surface area contributed by atoms with Crippen LogP contribution in [0.15, 0.2) is 67.0 Å². The van der Waals surface area contributed by atoms with Crippen LogP contribution in [0.25, 0.3) is 15.9 Å². The van der Waals surface area contributed by atoms with Crippen LogP contribution >= 0.6 is 22.9 Å². The molecule has 2 N–H and O–H groups in total. The molecule has 4 aromatic rings. The Kier molecular flexibility index (Phi) is 7.56. The summed E-state index contributed by atoms with van der Waals surface area (Å²) < 4.78 is 24.3. The van der Waals surface area contributed by atoms with Crippen molar-refractivity contribution in [3.8, 4) is 5.75 Å². The van der Waals surface area contributed by atoms with Gasteiger partial charge in [-0.15, -0.1) is 0 Å². The zero-order valence-electron chi connectivity index (χ0n) is 21.2. The van der Waals surface area contributed by atoms with Crippen molar-refractivity contribution in [3.05, 3.63) is 88.4 Å². The lowest BCUT2D eigenvalue weighted by atomic mass is 10.1. The molecule has 3 unspecified atom stereocenters. The summed E-state index contributed by atoms with van der Waals surface area (Å²) in [6.07, 6.45) is 8.36. The normalized spacial score (nSPS) is 19.6. The molecule has 7 nitrogen and oxygen atoms in total. The summed E-state index contributed by atoms with van der Waals surface area (Å²) in [7, 11) is 1.72. The van der Waals surface area contributed by atoms with E-state index in [0.717, 1.165) is 46.4 Å². The summed E-state index contributed by atoms with van der Waals surface area (Å²) in [6, 6.07) is 11.7. The molecule has 3 atom stereocenters. The number of allylic oxidation sites excluding steroid dienone is 4. The highest BCUT2D eigenvalue weighted by atomic mass is 35.5. The van der Waals surface area contributed by atoms with E-state index in [4.69, 9.17) is 26.1 Å². The Morgan fingerprint density at radius 3 is 2.90 bits per heavy atom. The van der Waals surface area contributed by atoms with Gasteiger partial charge in [0.25, 0.3) is 0 Å². The molecule has 0 spiro atoms. The second-order valence-electron chi connectivity index (χ2n) is 9.58. The van der Waals surface area contributed by atoms with Gasteiger partial charge in [0.05, 0.1) is 11.6 Å². The molecule has 0 saturated heterocycles. The number of fused-ring (bicyclic) bond motifs is 2. The lowest BCUT2D eigenvalue weighted by Gasteiger charge is -2.11. The fourth-order valence-electron chi connectivity index (χ4n) is 4.86. The summed E-state index contributed by atoms with van der Waals surface area (Å²) in [5.74, 6) is 2.58. The van der Waals surface area contributed by atoms with Crippen molar-refractivity contribution in [1.82, 2.24) is 20.3 Å². The van der Waals surface area contributed by atoms with Crippen molar-refractivity contribution in [2.24, 2.45) is 17.8 Å². The van der Waals surface area contributed by atoms with Crippen LogP contribution in [0.3, 0.4) is 0 Å². The van der Waals surface area contributed by atoms with E-state index in [9.17, 15) is 4.39 Å². The lowest BCUT2D eigenvalue weighted by molar-refractivity contribution is 0.199. The number of hydrogen-bond acceptors (Lipinski definition) is 8. The minimum atomic E-state index is -0.300. The second kappa shape index (κ2) is 11.4. The van der Waals surface area contributed by atoms with Gasteiger partial charge in [-0.25, -0.2) is 19.3 Å². The molecule has 200 valence electrons. The average Bonchev–Trinajstić information content (AvgIpc) is 3.43. The Hall–Kier alpha value is -3.37. The van der Waals surface area contributed by atoms with Crippen molar-refractivity contribution in [2.75, 3.05) is 32.1 Å². The molecule has 2 aliphatic rings. The Labute approximate surface area is 234 Å². The third kappa shape index (κ3) is 5.81. The number of ether oxygens (including phenoxy) is 2. The second-order valence-corrected chi connectivity index (χ2v) is 11.0. The van der Waals surface area contributed by atoms with Crippen LogP contribution in [0.2, 0.25) is 5.02 Å². The first-order chi connectivity index (χ1) is 19.1. The highest BCUT2D eigenvalue weighted by molar-refractivity contribution is 7.19. The zero-order chi connectivity index (χ0) is 26.8. The SMILES string of the molecule is COCCNCC1C2C=CC(c3nc4c(Nc5ccc(OCc6cccc(F)c6)c(Cl)c5)ncnc4s3)=CC21. The molecule has 1 saturated carbocycles. The number of hydrogen-bond donors (Lipinski definition) is 2. The zero-order valence-corrected chi connectivity index (χ0v) is 22.8. The van der Waals surface area contributed by atoms with Gasteiger partial charge in [-0.1, -0.05) is 53.3 Å². The lowest BCUT2D eigenvalue weighted by Crippen LogP contribution is -2.22. The highest BCUT2D eigenvalue weighted by Crippen LogP contribution is 2.52. The molecule has 10 heteroatoms. The van der Waals surface area contributed by atoms with Crippen molar-refractivity contribution in [2.45, 2.75) is 6.61 Å². The summed E-state index contributed by atoms with van der Waals surface area (Å²) >= 11 is 8.04. The van der Waals surface area contributed by atoms with E-state index in [1.54, 1.807) is 42.7 Å². The first-order valence-electron chi connectivity index (χ1n) is 12.7. The summed E-state index contributed by atoms with van der Waals surface area (Å²) in [6.45, 7) is 2.80. The van der Waals surface area contributed by atoms with Gasteiger partial charge in [0, 0.05) is 24.9 Å². The number of thiazole rings is 1. The molecule has 0 aliphatic heterocycles. The van der Waals surface area contributed by atoms with Gasteiger partial charge in [0.15, 0.2) is 5.82 Å². The Morgan fingerprint density at radius 2 is 2.05 bits per heavy atom. The molecule has 0 radical (unpaired) electrons. The molecular weight excluding hydrogens is 537 g/mol. The molecule has 6 rings (SSSR count). The highest BCUT2D eigenvalue weighted by Gasteiger charge is 2.47. The summed E-state index contributed by atoms with van der Waals surface area (Å²) in [5.41, 5.74) is 3.32. The van der Waals surface area contributed by atoms with Gasteiger partial charge in [-0.3, -0.25) is 0 Å². The molecular formula is C29H27ClFN5O2S. The fourth-order valence-corrected chi connectivity index (χ4v) is 6.01. The van der Waals surface area contributed by atoms with Crippen LogP contribution in [0.1, 0.15) is 10.6 Å². The van der Waals surface area contributed by atoms with Crippen LogP contribution < -0.4 is 15.4 Å². The van der Waals surface area contributed by atoms with E-state index in [-0.39, 0.29) is 12.4 Å². The number of anilines is 2. The first kappa shape index (κ1) is 25.9. The van der Waals surface area contributed by atoms with E-state index in [2.05, 4.69) is 38.8 Å². The Balaban J connectivity index is 1.14. The van der Waals surface area contributed by atoms with E-state index >= 15 is 0 Å². The largest absolute Gasteiger partial charge is 0.487 e. The van der Waals surface area contributed by atoms with Crippen molar-refractivity contribution in [3.63, 3.8) is 0 Å². The predicted molar refractivity (Wildman–Crippen MR) is 153 cm³/mol. The van der Waals surface area contributed by atoms with Crippen molar-refractivity contribution in [1.29, 1.82) is 0 Å². The molecule has 2 aromatic carbocycles. The summed E-state index contributed by atoms with van der Waals surface area (Å²) in [5, 5.41) is 8.16.